The van der Waals surface area contributed by atoms with Gasteiger partial charge in [0, 0.05) is 0 Å². The summed E-state index contributed by atoms with van der Waals surface area (Å²) in [5.74, 6) is 2.27. The van der Waals surface area contributed by atoms with E-state index in [-0.39, 0.29) is 36.9 Å². The number of rotatable bonds is 26. The Bertz CT molecular complexity index is 977. The van der Waals surface area contributed by atoms with E-state index in [4.69, 9.17) is 14.2 Å². The Labute approximate surface area is 274 Å². The van der Waals surface area contributed by atoms with Crippen LogP contribution in [0.3, 0.4) is 0 Å². The van der Waals surface area contributed by atoms with Crippen LogP contribution in [-0.2, 0) is 4.74 Å². The summed E-state index contributed by atoms with van der Waals surface area (Å²) in [6.07, 6.45) is 17.8. The number of hydrogen-bond acceptors (Lipinski definition) is 5. The minimum absolute atomic E-state index is 0.0852. The Morgan fingerprint density at radius 1 is 0.533 bits per heavy atom. The molecule has 0 bridgehead atoms. The summed E-state index contributed by atoms with van der Waals surface area (Å²) in [4.78, 5) is 0. The molecule has 2 aromatic carbocycles. The molecule has 0 aliphatic carbocycles. The van der Waals surface area contributed by atoms with Crippen molar-refractivity contribution < 1.29 is 24.4 Å². The van der Waals surface area contributed by atoms with Gasteiger partial charge in [0.2, 0.25) is 0 Å². The molecule has 2 N–H and O–H groups in total. The molecule has 2 rings (SSSR count). The molecule has 0 amide bonds. The second-order valence-corrected chi connectivity index (χ2v) is 12.5. The molecule has 5 nitrogen and oxygen atoms in total. The van der Waals surface area contributed by atoms with Crippen molar-refractivity contribution in [1.29, 1.82) is 0 Å². The summed E-state index contributed by atoms with van der Waals surface area (Å²) >= 11 is 0. The molecule has 0 saturated carbocycles. The molecule has 0 aliphatic rings. The summed E-state index contributed by atoms with van der Waals surface area (Å²) in [6.45, 7) is 8.55. The minimum atomic E-state index is 0.0852. The largest absolute Gasteiger partial charge is 0.510 e. The van der Waals surface area contributed by atoms with Crippen molar-refractivity contribution in [3.63, 3.8) is 0 Å². The van der Waals surface area contributed by atoms with Crippen LogP contribution in [0.2, 0.25) is 0 Å². The van der Waals surface area contributed by atoms with Crippen LogP contribution in [-0.4, -0.2) is 35.6 Å². The van der Waals surface area contributed by atoms with Gasteiger partial charge >= 0.3 is 0 Å². The van der Waals surface area contributed by atoms with Crippen LogP contribution in [0, 0.1) is 0 Å². The van der Waals surface area contributed by atoms with E-state index in [1.807, 2.05) is 74.5 Å². The normalized spacial score (nSPS) is 14.0. The number of ether oxygens (including phenoxy) is 3. The summed E-state index contributed by atoms with van der Waals surface area (Å²) < 4.78 is 18.4. The van der Waals surface area contributed by atoms with Gasteiger partial charge in [-0.2, -0.15) is 0 Å². The molecule has 0 heterocycles. The summed E-state index contributed by atoms with van der Waals surface area (Å²) in [5.41, 5.74) is 1.81. The predicted molar refractivity (Wildman–Crippen MR) is 188 cm³/mol. The van der Waals surface area contributed by atoms with E-state index in [9.17, 15) is 10.2 Å². The molecule has 0 spiro atoms. The summed E-state index contributed by atoms with van der Waals surface area (Å²) in [5, 5.41) is 21.4. The van der Waals surface area contributed by atoms with Crippen LogP contribution in [0.25, 0.3) is 0 Å². The van der Waals surface area contributed by atoms with Gasteiger partial charge in [-0.1, -0.05) is 102 Å². The third kappa shape index (κ3) is 18.0. The van der Waals surface area contributed by atoms with Gasteiger partial charge in [-0.05, 0) is 101 Å². The van der Waals surface area contributed by atoms with Crippen molar-refractivity contribution in [1.82, 2.24) is 0 Å². The maximum absolute atomic E-state index is 10.7. The van der Waals surface area contributed by atoms with Crippen molar-refractivity contribution >= 4 is 0 Å². The molecular weight excluding hydrogens is 560 g/mol. The topological polar surface area (TPSA) is 68.2 Å². The molecule has 252 valence electrons. The Morgan fingerprint density at radius 2 is 0.911 bits per heavy atom. The van der Waals surface area contributed by atoms with Gasteiger partial charge < -0.3 is 24.4 Å². The van der Waals surface area contributed by atoms with E-state index in [1.54, 1.807) is 0 Å². The number of benzene rings is 2. The minimum Gasteiger partial charge on any atom is -0.510 e. The first kappa shape index (κ1) is 38.3. The predicted octanol–water partition coefficient (Wildman–Crippen LogP) is 11.8. The highest BCUT2D eigenvalue weighted by Crippen LogP contribution is 2.23. The second kappa shape index (κ2) is 24.3. The lowest BCUT2D eigenvalue weighted by Crippen LogP contribution is -2.17. The van der Waals surface area contributed by atoms with Crippen molar-refractivity contribution in [2.24, 2.45) is 0 Å². The van der Waals surface area contributed by atoms with Gasteiger partial charge in [0.1, 0.15) is 36.2 Å². The first-order valence-corrected chi connectivity index (χ1v) is 17.7. The zero-order valence-electron chi connectivity index (χ0n) is 28.8. The van der Waals surface area contributed by atoms with Crippen LogP contribution < -0.4 is 9.47 Å². The average Bonchev–Trinajstić information content (AvgIpc) is 3.06. The van der Waals surface area contributed by atoms with Crippen LogP contribution in [0.4, 0.5) is 0 Å². The number of allylic oxidation sites excluding steroid dienone is 2. The standard InChI is InChI=1S/C40H62O5/c1-5-7-9-11-15-25-37(44-35-21-17-13-18-22-35)29-27-33(3)39(41)31-43-32-40(42)34(4)28-30-38(26-16-12-10-8-6-2)45-36-23-19-14-20-24-36/h13-14,17-24,37-38,41-42H,5-12,15-16,25-32H2,1-4H3. The Balaban J connectivity index is 1.82. The highest BCUT2D eigenvalue weighted by atomic mass is 16.5. The first-order chi connectivity index (χ1) is 21.9. The Morgan fingerprint density at radius 3 is 1.29 bits per heavy atom. The smallest absolute Gasteiger partial charge is 0.119 e. The molecule has 45 heavy (non-hydrogen) atoms. The third-order valence-corrected chi connectivity index (χ3v) is 8.50. The third-order valence-electron chi connectivity index (χ3n) is 8.50. The van der Waals surface area contributed by atoms with E-state index < -0.39 is 0 Å². The molecule has 2 atom stereocenters. The molecule has 5 heteroatoms. The first-order valence-electron chi connectivity index (χ1n) is 17.7. The van der Waals surface area contributed by atoms with Crippen molar-refractivity contribution in [2.45, 2.75) is 143 Å². The quantitative estimate of drug-likeness (QED) is 0.0807. The summed E-state index contributed by atoms with van der Waals surface area (Å²) in [6, 6.07) is 20.0. The fraction of sp³-hybridized carbons (Fsp3) is 0.600. The van der Waals surface area contributed by atoms with Gasteiger partial charge in [-0.25, -0.2) is 0 Å². The van der Waals surface area contributed by atoms with Gasteiger partial charge in [0.05, 0.1) is 12.2 Å². The maximum atomic E-state index is 10.7. The van der Waals surface area contributed by atoms with Gasteiger partial charge in [0.15, 0.2) is 0 Å². The maximum Gasteiger partial charge on any atom is 0.119 e. The van der Waals surface area contributed by atoms with Crippen molar-refractivity contribution in [2.75, 3.05) is 13.2 Å². The molecule has 0 saturated heterocycles. The van der Waals surface area contributed by atoms with E-state index >= 15 is 0 Å². The fourth-order valence-corrected chi connectivity index (χ4v) is 5.39. The highest BCUT2D eigenvalue weighted by molar-refractivity contribution is 5.22. The van der Waals surface area contributed by atoms with E-state index in [1.165, 1.54) is 51.4 Å². The van der Waals surface area contributed by atoms with Crippen LogP contribution >= 0.6 is 0 Å². The van der Waals surface area contributed by atoms with Crippen LogP contribution in [0.1, 0.15) is 130 Å². The van der Waals surface area contributed by atoms with E-state index in [0.29, 0.717) is 0 Å². The number of aliphatic hydroxyl groups is 2. The molecule has 2 aromatic rings. The molecule has 0 radical (unpaired) electrons. The average molecular weight is 623 g/mol. The van der Waals surface area contributed by atoms with Gasteiger partial charge in [-0.15, -0.1) is 0 Å². The number of hydrogen-bond donors (Lipinski definition) is 2. The fourth-order valence-electron chi connectivity index (χ4n) is 5.39. The van der Waals surface area contributed by atoms with Crippen LogP contribution in [0.5, 0.6) is 11.5 Å². The zero-order chi connectivity index (χ0) is 32.5. The number of aliphatic hydroxyl groups excluding tert-OH is 2. The van der Waals surface area contributed by atoms with E-state index in [2.05, 4.69) is 13.8 Å². The lowest BCUT2D eigenvalue weighted by molar-refractivity contribution is 0.118. The molecular formula is C40H62O5. The van der Waals surface area contributed by atoms with Gasteiger partial charge in [-0.3, -0.25) is 0 Å². The lowest BCUT2D eigenvalue weighted by Gasteiger charge is -2.20. The van der Waals surface area contributed by atoms with Gasteiger partial charge in [0.25, 0.3) is 0 Å². The second-order valence-electron chi connectivity index (χ2n) is 12.5. The number of unbranched alkanes of at least 4 members (excludes halogenated alkanes) is 8. The van der Waals surface area contributed by atoms with E-state index in [0.717, 1.165) is 74.0 Å². The Hall–Kier alpha value is -2.92. The zero-order valence-corrected chi connectivity index (χ0v) is 28.8. The molecule has 0 aliphatic heterocycles. The molecule has 0 aromatic heterocycles. The number of para-hydroxylation sites is 2. The molecule has 0 fully saturated rings. The lowest BCUT2D eigenvalue weighted by atomic mass is 10.0. The monoisotopic (exact) mass is 622 g/mol. The molecule has 2 unspecified atom stereocenters. The SMILES string of the molecule is CCCCCCCC(CCC(C)=C(O)COCC(O)=C(C)CCC(CCCCCCC)Oc1ccccc1)Oc1ccccc1. The summed E-state index contributed by atoms with van der Waals surface area (Å²) in [7, 11) is 0. The van der Waals surface area contributed by atoms with Crippen molar-refractivity contribution in [3.8, 4) is 11.5 Å². The highest BCUT2D eigenvalue weighted by Gasteiger charge is 2.14. The Kier molecular flexibility index (Phi) is 20.7. The van der Waals surface area contributed by atoms with Crippen LogP contribution in [0.15, 0.2) is 83.3 Å². The van der Waals surface area contributed by atoms with Crippen molar-refractivity contribution in [3.05, 3.63) is 83.3 Å².